The number of fused-ring (bicyclic) bond motifs is 2. The number of carbonyl (C=O) groups is 4. The molecule has 4 N–H and O–H groups in total. The number of ether oxygens (including phenoxy) is 4. The fourth-order valence-electron chi connectivity index (χ4n) is 8.50. The molecule has 1 aliphatic carbocycles. The van der Waals surface area contributed by atoms with Crippen molar-refractivity contribution in [2.45, 2.75) is 59.9 Å². The molecule has 2 aliphatic rings. The molecule has 2 atom stereocenters. The number of allylic oxidation sites excluding steroid dienone is 3. The molecule has 0 bridgehead atoms. The van der Waals surface area contributed by atoms with Crippen molar-refractivity contribution in [2.75, 3.05) is 76.0 Å². The summed E-state index contributed by atoms with van der Waals surface area (Å²) in [4.78, 5) is 58.6. The van der Waals surface area contributed by atoms with Gasteiger partial charge in [-0.25, -0.2) is 4.79 Å². The van der Waals surface area contributed by atoms with Crippen molar-refractivity contribution in [2.24, 2.45) is 10.9 Å². The molecule has 4 aromatic rings. The average molecular weight is 940 g/mol. The van der Waals surface area contributed by atoms with Gasteiger partial charge in [-0.2, -0.15) is 0 Å². The van der Waals surface area contributed by atoms with Crippen molar-refractivity contribution in [3.05, 3.63) is 153 Å². The number of carboxylic acids is 1. The highest BCUT2D eigenvalue weighted by Gasteiger charge is 2.39. The van der Waals surface area contributed by atoms with E-state index in [0.717, 1.165) is 57.0 Å². The number of hydrogen-bond donors (Lipinski definition) is 4. The Hall–Kier alpha value is -6.87. The smallest absolute Gasteiger partial charge is 0.336 e. The monoisotopic (exact) mass is 939 g/mol. The van der Waals surface area contributed by atoms with Gasteiger partial charge in [0.1, 0.15) is 11.5 Å². The second kappa shape index (κ2) is 25.5. The maximum absolute atomic E-state index is 13.5. The number of aliphatic imine (C=N–C) groups is 1. The summed E-state index contributed by atoms with van der Waals surface area (Å²) in [6.45, 7) is 18.0. The molecule has 1 aliphatic heterocycles. The topological polar surface area (TPSA) is 177 Å². The Morgan fingerprint density at radius 3 is 2.20 bits per heavy atom. The van der Waals surface area contributed by atoms with Gasteiger partial charge >= 0.3 is 5.97 Å². The Morgan fingerprint density at radius 1 is 0.812 bits per heavy atom. The molecule has 14 heteroatoms. The number of aromatic carboxylic acids is 1. The van der Waals surface area contributed by atoms with E-state index < -0.39 is 11.9 Å². The standard InChI is InChI=1S/C55H65N5O9/c1-7-39-15-12-13-17-48(39)60(35-41-16-11-10-14-36(41)4)52(62)21-20-51(61)58-22-24-66-26-28-68-29-27-67-25-23-59-54(63)40-18-19-42(43(32-40)55(64)65)53-44-30-37(5)46(56-8-2)33-49(44)69-50-34-47(57-9-3)38(6)31-45(50)53/h7,10-19,30-34,44,53,57H,1,8-9,20-29,35H2,2-6H3,(H,58,61)(H,59,63)(H,64,65)/b56-46-. The maximum Gasteiger partial charge on any atom is 0.336 e. The van der Waals surface area contributed by atoms with Crippen LogP contribution in [0.5, 0.6) is 5.75 Å². The van der Waals surface area contributed by atoms with Gasteiger partial charge < -0.3 is 44.9 Å². The molecule has 6 rings (SSSR count). The van der Waals surface area contributed by atoms with E-state index in [1.54, 1.807) is 23.1 Å². The summed E-state index contributed by atoms with van der Waals surface area (Å²) in [5.41, 5.74) is 9.19. The van der Waals surface area contributed by atoms with E-state index in [9.17, 15) is 24.3 Å². The number of anilines is 2. The van der Waals surface area contributed by atoms with Gasteiger partial charge in [0.25, 0.3) is 5.91 Å². The number of carboxylic acid groups (broad SMARTS) is 1. The van der Waals surface area contributed by atoms with Crippen molar-refractivity contribution < 1.29 is 43.2 Å². The third-order valence-corrected chi connectivity index (χ3v) is 12.0. The quantitative estimate of drug-likeness (QED) is 0.0472. The third-order valence-electron chi connectivity index (χ3n) is 12.0. The molecule has 0 saturated heterocycles. The summed E-state index contributed by atoms with van der Waals surface area (Å²) in [6.07, 6.45) is 5.87. The number of hydrogen-bond acceptors (Lipinski definition) is 10. The lowest BCUT2D eigenvalue weighted by atomic mass is 9.73. The molecule has 0 radical (unpaired) electrons. The molecule has 0 fully saturated rings. The minimum absolute atomic E-state index is 0.0433. The summed E-state index contributed by atoms with van der Waals surface area (Å²) >= 11 is 0. The predicted molar refractivity (Wildman–Crippen MR) is 270 cm³/mol. The fraction of sp³-hybridized carbons (Fsp3) is 0.364. The van der Waals surface area contributed by atoms with Crippen molar-refractivity contribution in [1.82, 2.24) is 10.6 Å². The minimum atomic E-state index is -1.13. The fourth-order valence-corrected chi connectivity index (χ4v) is 8.50. The summed E-state index contributed by atoms with van der Waals surface area (Å²) in [6, 6.07) is 24.4. The summed E-state index contributed by atoms with van der Waals surface area (Å²) < 4.78 is 23.3. The van der Waals surface area contributed by atoms with Crippen LogP contribution in [0.25, 0.3) is 6.08 Å². The van der Waals surface area contributed by atoms with Gasteiger partial charge in [-0.15, -0.1) is 0 Å². The number of nitrogens with zero attached hydrogens (tertiary/aromatic N) is 2. The molecule has 1 heterocycles. The van der Waals surface area contributed by atoms with Gasteiger partial charge in [0.15, 0.2) is 0 Å². The van der Waals surface area contributed by atoms with E-state index >= 15 is 0 Å². The second-order valence-corrected chi connectivity index (χ2v) is 16.8. The Labute approximate surface area is 405 Å². The van der Waals surface area contributed by atoms with Gasteiger partial charge in [0.05, 0.1) is 63.1 Å². The maximum atomic E-state index is 13.5. The van der Waals surface area contributed by atoms with Gasteiger partial charge in [0, 0.05) is 79.8 Å². The molecule has 364 valence electrons. The Morgan fingerprint density at radius 2 is 1.51 bits per heavy atom. The van der Waals surface area contributed by atoms with Crippen LogP contribution < -0.4 is 25.6 Å². The number of para-hydroxylation sites is 1. The third kappa shape index (κ3) is 13.7. The molecular weight excluding hydrogens is 875 g/mol. The minimum Gasteiger partial charge on any atom is -0.478 e. The van der Waals surface area contributed by atoms with Crippen LogP contribution in [0.3, 0.4) is 0 Å². The van der Waals surface area contributed by atoms with Crippen LogP contribution >= 0.6 is 0 Å². The lowest BCUT2D eigenvalue weighted by molar-refractivity contribution is -0.125. The largest absolute Gasteiger partial charge is 0.478 e. The summed E-state index contributed by atoms with van der Waals surface area (Å²) in [5, 5.41) is 19.6. The van der Waals surface area contributed by atoms with E-state index in [0.29, 0.717) is 63.1 Å². The van der Waals surface area contributed by atoms with E-state index in [2.05, 4.69) is 39.7 Å². The predicted octanol–water partition coefficient (Wildman–Crippen LogP) is 8.43. The number of carbonyl (C=O) groups excluding carboxylic acids is 3. The lowest BCUT2D eigenvalue weighted by Crippen LogP contribution is -2.33. The first-order valence-corrected chi connectivity index (χ1v) is 23.7. The highest BCUT2D eigenvalue weighted by atomic mass is 16.5. The van der Waals surface area contributed by atoms with Gasteiger partial charge in [-0.1, -0.05) is 67.3 Å². The van der Waals surface area contributed by atoms with Crippen molar-refractivity contribution in [1.29, 1.82) is 0 Å². The van der Waals surface area contributed by atoms with Crippen LogP contribution in [-0.4, -0.2) is 100 Å². The molecule has 14 nitrogen and oxygen atoms in total. The van der Waals surface area contributed by atoms with Crippen LogP contribution in [0.1, 0.15) is 93.6 Å². The van der Waals surface area contributed by atoms with Gasteiger partial charge in [-0.05, 0) is 92.3 Å². The molecular formula is C55H65N5O9. The molecule has 4 aromatic carbocycles. The van der Waals surface area contributed by atoms with Crippen LogP contribution in [-0.2, 0) is 30.3 Å². The van der Waals surface area contributed by atoms with Crippen molar-refractivity contribution in [3.8, 4) is 5.75 Å². The zero-order valence-corrected chi connectivity index (χ0v) is 40.4. The summed E-state index contributed by atoms with van der Waals surface area (Å²) in [7, 11) is 0. The highest BCUT2D eigenvalue weighted by molar-refractivity contribution is 6.09. The van der Waals surface area contributed by atoms with Gasteiger partial charge in [-0.3, -0.25) is 19.4 Å². The Balaban J connectivity index is 0.894. The zero-order valence-electron chi connectivity index (χ0n) is 40.4. The number of rotatable bonds is 25. The number of nitrogens with one attached hydrogen (secondary N) is 3. The average Bonchev–Trinajstić information content (AvgIpc) is 3.34. The number of amides is 3. The second-order valence-electron chi connectivity index (χ2n) is 16.8. The van der Waals surface area contributed by atoms with Crippen molar-refractivity contribution >= 4 is 46.9 Å². The highest BCUT2D eigenvalue weighted by Crippen LogP contribution is 2.50. The van der Waals surface area contributed by atoms with Crippen LogP contribution in [0.4, 0.5) is 11.4 Å². The molecule has 2 unspecified atom stereocenters. The Kier molecular flexibility index (Phi) is 19.0. The number of aryl methyl sites for hydroxylation is 2. The normalized spacial score (nSPS) is 15.5. The first-order chi connectivity index (χ1) is 33.4. The molecule has 3 amide bonds. The van der Waals surface area contributed by atoms with E-state index in [1.165, 1.54) is 6.07 Å². The molecule has 0 saturated carbocycles. The van der Waals surface area contributed by atoms with Crippen LogP contribution in [0, 0.1) is 19.8 Å². The Bertz CT molecular complexity index is 2580. The SMILES string of the molecule is C=Cc1ccccc1N(Cc1ccccc1C)C(=O)CCC(=O)NCCOCCOCCOCCNC(=O)c1ccc(C2c3cc(C)c(NCC)cc3OC3=C/C(=N/CC)C(C)=CC32)c(C(=O)O)c1. The molecule has 69 heavy (non-hydrogen) atoms. The van der Waals surface area contributed by atoms with Gasteiger partial charge in [0.2, 0.25) is 11.8 Å². The van der Waals surface area contributed by atoms with Crippen LogP contribution in [0.15, 0.2) is 114 Å². The first-order valence-electron chi connectivity index (χ1n) is 23.7. The van der Waals surface area contributed by atoms with Crippen molar-refractivity contribution in [3.63, 3.8) is 0 Å². The van der Waals surface area contributed by atoms with Crippen LogP contribution in [0.2, 0.25) is 0 Å². The van der Waals surface area contributed by atoms with E-state index in [-0.39, 0.29) is 67.4 Å². The lowest BCUT2D eigenvalue weighted by Gasteiger charge is -2.37. The first kappa shape index (κ1) is 51.5. The zero-order chi connectivity index (χ0) is 49.3. The number of benzene rings is 4. The summed E-state index contributed by atoms with van der Waals surface area (Å²) in [5.74, 6) is -1.26. The molecule has 0 spiro atoms. The molecule has 0 aromatic heterocycles. The van der Waals surface area contributed by atoms with E-state index in [1.807, 2.05) is 95.3 Å². The van der Waals surface area contributed by atoms with E-state index in [4.69, 9.17) is 18.9 Å².